The fourth-order valence-corrected chi connectivity index (χ4v) is 4.91. The lowest BCUT2D eigenvalue weighted by atomic mass is 9.71. The Labute approximate surface area is 171 Å². The first kappa shape index (κ1) is 19.8. The van der Waals surface area contributed by atoms with Gasteiger partial charge in [-0.15, -0.1) is 11.3 Å². The summed E-state index contributed by atoms with van der Waals surface area (Å²) in [4.78, 5) is 43.8. The second-order valence-electron chi connectivity index (χ2n) is 7.86. The Morgan fingerprint density at radius 3 is 2.90 bits per heavy atom. The van der Waals surface area contributed by atoms with Crippen LogP contribution in [0, 0.1) is 19.3 Å². The number of aromatic nitrogens is 2. The first-order valence-electron chi connectivity index (χ1n) is 9.56. The number of ether oxygens (including phenoxy) is 1. The molecule has 1 fully saturated rings. The third-order valence-corrected chi connectivity index (χ3v) is 7.01. The quantitative estimate of drug-likeness (QED) is 0.790. The highest BCUT2D eigenvalue weighted by molar-refractivity contribution is 7.11. The molecule has 1 amide bonds. The molecule has 29 heavy (non-hydrogen) atoms. The van der Waals surface area contributed by atoms with Gasteiger partial charge in [0.15, 0.2) is 11.5 Å². The molecule has 2 aliphatic heterocycles. The predicted octanol–water partition coefficient (Wildman–Crippen LogP) is 1.94. The van der Waals surface area contributed by atoms with Gasteiger partial charge in [-0.3, -0.25) is 14.4 Å². The number of aromatic hydroxyl groups is 1. The number of Topliss-reactive ketones (excluding diaryl/α,β-unsaturated/α-hetero) is 1. The largest absolute Gasteiger partial charge is 0.503 e. The summed E-state index contributed by atoms with van der Waals surface area (Å²) in [5.74, 6) is -1.60. The van der Waals surface area contributed by atoms with Gasteiger partial charge < -0.3 is 19.7 Å². The van der Waals surface area contributed by atoms with Crippen LogP contribution in [0.15, 0.2) is 11.0 Å². The van der Waals surface area contributed by atoms with Gasteiger partial charge in [-0.25, -0.2) is 4.98 Å². The normalized spacial score (nSPS) is 23.4. The first-order chi connectivity index (χ1) is 13.7. The van der Waals surface area contributed by atoms with E-state index in [-0.39, 0.29) is 29.7 Å². The monoisotopic (exact) mass is 417 g/mol. The molecular formula is C20H23N3O5S. The molecule has 154 valence electrons. The number of thiazole rings is 1. The Kier molecular flexibility index (Phi) is 4.82. The summed E-state index contributed by atoms with van der Waals surface area (Å²) in [6.07, 6.45) is 2.38. The molecule has 1 saturated heterocycles. The third kappa shape index (κ3) is 3.18. The minimum atomic E-state index is -0.840. The fraction of sp³-hybridized carbons (Fsp3) is 0.500. The molecule has 4 heterocycles. The van der Waals surface area contributed by atoms with Crippen LogP contribution in [0.1, 0.15) is 56.2 Å². The van der Waals surface area contributed by atoms with Gasteiger partial charge in [0.2, 0.25) is 5.43 Å². The maximum Gasteiger partial charge on any atom is 0.257 e. The van der Waals surface area contributed by atoms with Crippen molar-refractivity contribution in [2.75, 3.05) is 6.61 Å². The molecule has 2 aromatic heterocycles. The number of hydrogen-bond acceptors (Lipinski definition) is 7. The van der Waals surface area contributed by atoms with E-state index in [2.05, 4.69) is 10.3 Å². The van der Waals surface area contributed by atoms with Crippen LogP contribution in [0.3, 0.4) is 0 Å². The van der Waals surface area contributed by atoms with Crippen LogP contribution in [0.2, 0.25) is 0 Å². The maximum absolute atomic E-state index is 13.1. The topological polar surface area (TPSA) is 111 Å². The van der Waals surface area contributed by atoms with E-state index in [1.165, 1.54) is 22.1 Å². The number of carbonyl (C=O) groups excluding carboxylic acids is 2. The molecule has 0 aromatic carbocycles. The van der Waals surface area contributed by atoms with Gasteiger partial charge in [-0.1, -0.05) is 0 Å². The number of rotatable bonds is 3. The Morgan fingerprint density at radius 1 is 1.45 bits per heavy atom. The van der Waals surface area contributed by atoms with Crippen molar-refractivity contribution in [3.8, 4) is 5.75 Å². The smallest absolute Gasteiger partial charge is 0.257 e. The standard InChI is InChI=1S/C20H23N3O5S/c1-10-11(2)29-14(22-10)7-21-19(27)12-8-23-9-13-20(3,5-4-6-28-13)18(26)15(23)17(25)16(12)24/h8,13,25H,4-7,9H2,1-3H3,(H,21,27)/t13-,20-/m0/s1. The van der Waals surface area contributed by atoms with Crippen LogP contribution < -0.4 is 10.7 Å². The van der Waals surface area contributed by atoms with Gasteiger partial charge in [-0.2, -0.15) is 0 Å². The number of pyridine rings is 1. The molecule has 0 aliphatic carbocycles. The number of carbonyl (C=O) groups is 2. The van der Waals surface area contributed by atoms with E-state index in [0.717, 1.165) is 22.0 Å². The van der Waals surface area contributed by atoms with Crippen LogP contribution in [-0.4, -0.2) is 39.1 Å². The Balaban J connectivity index is 1.65. The Hall–Kier alpha value is -2.52. The zero-order valence-electron chi connectivity index (χ0n) is 16.6. The van der Waals surface area contributed by atoms with Gasteiger partial charge in [0.1, 0.15) is 16.3 Å². The van der Waals surface area contributed by atoms with Crippen molar-refractivity contribution in [2.24, 2.45) is 5.41 Å². The minimum absolute atomic E-state index is 0.0398. The highest BCUT2D eigenvalue weighted by atomic mass is 32.1. The SMILES string of the molecule is Cc1nc(CNC(=O)c2cn3c(c(O)c2=O)C(=O)[C@@]2(C)CCCO[C@H]2C3)sc1C. The van der Waals surface area contributed by atoms with Gasteiger partial charge in [0.05, 0.1) is 30.3 Å². The van der Waals surface area contributed by atoms with Crippen molar-refractivity contribution < 1.29 is 19.4 Å². The molecule has 8 nitrogen and oxygen atoms in total. The second-order valence-corrected chi connectivity index (χ2v) is 9.15. The van der Waals surface area contributed by atoms with Crippen LogP contribution in [0.4, 0.5) is 0 Å². The molecule has 0 unspecified atom stereocenters. The van der Waals surface area contributed by atoms with Gasteiger partial charge in [0.25, 0.3) is 5.91 Å². The van der Waals surface area contributed by atoms with Crippen molar-refractivity contribution in [1.82, 2.24) is 14.9 Å². The van der Waals surface area contributed by atoms with Crippen molar-refractivity contribution in [2.45, 2.75) is 52.8 Å². The number of hydrogen-bond donors (Lipinski definition) is 2. The molecule has 9 heteroatoms. The molecule has 0 radical (unpaired) electrons. The van der Waals surface area contributed by atoms with Gasteiger partial charge in [-0.05, 0) is 33.6 Å². The Bertz CT molecular complexity index is 1050. The van der Waals surface area contributed by atoms with E-state index in [0.29, 0.717) is 19.6 Å². The highest BCUT2D eigenvalue weighted by Gasteiger charge is 2.49. The van der Waals surface area contributed by atoms with Crippen LogP contribution in [-0.2, 0) is 17.8 Å². The highest BCUT2D eigenvalue weighted by Crippen LogP contribution is 2.42. The molecule has 0 saturated carbocycles. The number of amides is 1. The molecule has 2 atom stereocenters. The molecular weight excluding hydrogens is 394 g/mol. The lowest BCUT2D eigenvalue weighted by Crippen LogP contribution is -2.52. The van der Waals surface area contributed by atoms with Gasteiger partial charge in [0, 0.05) is 17.7 Å². The van der Waals surface area contributed by atoms with E-state index in [1.807, 2.05) is 20.8 Å². The summed E-state index contributed by atoms with van der Waals surface area (Å²) >= 11 is 1.47. The molecule has 2 aliphatic rings. The molecule has 2 N–H and O–H groups in total. The van der Waals surface area contributed by atoms with E-state index >= 15 is 0 Å². The number of ketones is 1. The van der Waals surface area contributed by atoms with Crippen LogP contribution in [0.5, 0.6) is 5.75 Å². The minimum Gasteiger partial charge on any atom is -0.503 e. The zero-order chi connectivity index (χ0) is 20.9. The molecule has 0 bridgehead atoms. The van der Waals surface area contributed by atoms with Crippen molar-refractivity contribution in [3.63, 3.8) is 0 Å². The summed E-state index contributed by atoms with van der Waals surface area (Å²) < 4.78 is 7.27. The van der Waals surface area contributed by atoms with E-state index < -0.39 is 22.5 Å². The number of nitrogens with one attached hydrogen (secondary N) is 1. The fourth-order valence-electron chi connectivity index (χ4n) is 4.03. The molecule has 4 rings (SSSR count). The van der Waals surface area contributed by atoms with Crippen LogP contribution >= 0.6 is 11.3 Å². The summed E-state index contributed by atoms with van der Waals surface area (Å²) in [7, 11) is 0. The van der Waals surface area contributed by atoms with E-state index in [9.17, 15) is 19.5 Å². The summed E-state index contributed by atoms with van der Waals surface area (Å²) in [6, 6.07) is 0. The average molecular weight is 417 g/mol. The number of nitrogens with zero attached hydrogens (tertiary/aromatic N) is 2. The van der Waals surface area contributed by atoms with Crippen molar-refractivity contribution in [1.29, 1.82) is 0 Å². The van der Waals surface area contributed by atoms with Crippen LogP contribution in [0.25, 0.3) is 0 Å². The van der Waals surface area contributed by atoms with E-state index in [4.69, 9.17) is 4.74 Å². The zero-order valence-corrected chi connectivity index (χ0v) is 17.4. The third-order valence-electron chi connectivity index (χ3n) is 5.94. The molecule has 0 spiro atoms. The first-order valence-corrected chi connectivity index (χ1v) is 10.4. The number of fused-ring (bicyclic) bond motifs is 2. The maximum atomic E-state index is 13.1. The van der Waals surface area contributed by atoms with E-state index in [1.54, 1.807) is 0 Å². The lowest BCUT2D eigenvalue weighted by molar-refractivity contribution is -0.0740. The molecule has 2 aromatic rings. The summed E-state index contributed by atoms with van der Waals surface area (Å²) in [5, 5.41) is 13.9. The van der Waals surface area contributed by atoms with Crippen molar-refractivity contribution in [3.05, 3.63) is 43.3 Å². The van der Waals surface area contributed by atoms with Gasteiger partial charge >= 0.3 is 0 Å². The van der Waals surface area contributed by atoms with Crippen molar-refractivity contribution >= 4 is 23.0 Å². The summed E-state index contributed by atoms with van der Waals surface area (Å²) in [5.41, 5.74) is -0.954. The predicted molar refractivity (Wildman–Crippen MR) is 107 cm³/mol. The Morgan fingerprint density at radius 2 is 2.21 bits per heavy atom. The second kappa shape index (κ2) is 7.07. The number of aryl methyl sites for hydroxylation is 2. The average Bonchev–Trinajstić information content (AvgIpc) is 3.01. The lowest BCUT2D eigenvalue weighted by Gasteiger charge is -2.44. The summed E-state index contributed by atoms with van der Waals surface area (Å²) in [6.45, 7) is 6.70.